The third-order valence-electron chi connectivity index (χ3n) is 2.12. The first-order chi connectivity index (χ1) is 8.55. The summed E-state index contributed by atoms with van der Waals surface area (Å²) in [4.78, 5) is 29.0. The van der Waals surface area contributed by atoms with Gasteiger partial charge in [0, 0.05) is 0 Å². The smallest absolute Gasteiger partial charge is 0.291 e. The topological polar surface area (TPSA) is 207 Å². The molecule has 0 saturated carbocycles. The third kappa shape index (κ3) is 2.76. The van der Waals surface area contributed by atoms with E-state index in [1.165, 1.54) is 0 Å². The molecule has 0 fully saturated rings. The zero-order chi connectivity index (χ0) is 15.0. The van der Waals surface area contributed by atoms with Gasteiger partial charge in [0.2, 0.25) is 0 Å². The number of non-ortho nitro benzene ring substituents is 1. The maximum absolute atomic E-state index is 10.8. The lowest BCUT2D eigenvalue weighted by Crippen LogP contribution is -2.55. The van der Waals surface area contributed by atoms with Crippen molar-refractivity contribution in [3.05, 3.63) is 48.0 Å². The molecule has 0 radical (unpaired) electrons. The van der Waals surface area contributed by atoms with E-state index in [1.807, 2.05) is 0 Å². The lowest BCUT2D eigenvalue weighted by atomic mass is 10.0. The van der Waals surface area contributed by atoms with Gasteiger partial charge in [-0.2, -0.15) is 0 Å². The van der Waals surface area contributed by atoms with Crippen LogP contribution in [0, 0.1) is 30.3 Å². The van der Waals surface area contributed by atoms with E-state index in [2.05, 4.69) is 0 Å². The summed E-state index contributed by atoms with van der Waals surface area (Å²) in [6.07, 6.45) is 0. The van der Waals surface area contributed by atoms with Gasteiger partial charge in [0.1, 0.15) is 0 Å². The second-order valence-corrected chi connectivity index (χ2v) is 3.56. The van der Waals surface area contributed by atoms with Crippen LogP contribution in [0.2, 0.25) is 0 Å². The van der Waals surface area contributed by atoms with E-state index in [1.54, 1.807) is 0 Å². The molecule has 12 heteroatoms. The summed E-state index contributed by atoms with van der Waals surface area (Å²) in [6.45, 7) is 0. The van der Waals surface area contributed by atoms with Crippen LogP contribution in [-0.2, 0) is 5.79 Å². The summed E-state index contributed by atoms with van der Waals surface area (Å²) in [7, 11) is 0. The number of nitrogens with two attached hydrogens (primary N) is 3. The number of nitrogens with zero attached hydrogens (tertiary/aromatic N) is 3. The van der Waals surface area contributed by atoms with Gasteiger partial charge in [0.25, 0.3) is 17.1 Å². The van der Waals surface area contributed by atoms with Crippen LogP contribution in [0.5, 0.6) is 0 Å². The van der Waals surface area contributed by atoms with Crippen LogP contribution in [-0.4, -0.2) is 14.8 Å². The molecular weight excluding hydrogens is 264 g/mol. The summed E-state index contributed by atoms with van der Waals surface area (Å²) in [5.41, 5.74) is 12.1. The molecule has 0 bridgehead atoms. The van der Waals surface area contributed by atoms with Crippen LogP contribution < -0.4 is 17.2 Å². The van der Waals surface area contributed by atoms with Gasteiger partial charge in [0.05, 0.1) is 26.9 Å². The van der Waals surface area contributed by atoms with Gasteiger partial charge in [-0.05, 0) is 0 Å². The Morgan fingerprint density at radius 3 is 1.42 bits per heavy atom. The molecule has 0 spiro atoms. The van der Waals surface area contributed by atoms with E-state index >= 15 is 0 Å². The molecule has 0 aliphatic carbocycles. The Bertz CT molecular complexity index is 543. The highest BCUT2D eigenvalue weighted by Crippen LogP contribution is 2.36. The highest BCUT2D eigenvalue weighted by Gasteiger charge is 2.38. The van der Waals surface area contributed by atoms with Gasteiger partial charge in [0.15, 0.2) is 11.4 Å². The third-order valence-corrected chi connectivity index (χ3v) is 2.12. The molecule has 0 aromatic heterocycles. The van der Waals surface area contributed by atoms with Crippen LogP contribution in [0.3, 0.4) is 0 Å². The van der Waals surface area contributed by atoms with Gasteiger partial charge < -0.3 is 0 Å². The van der Waals surface area contributed by atoms with Crippen LogP contribution in [0.15, 0.2) is 12.1 Å². The minimum Gasteiger partial charge on any atom is -0.297 e. The van der Waals surface area contributed by atoms with Crippen LogP contribution in [0.4, 0.5) is 17.1 Å². The van der Waals surface area contributed by atoms with Crippen molar-refractivity contribution in [3.8, 4) is 0 Å². The minimum atomic E-state index is -2.39. The van der Waals surface area contributed by atoms with Crippen molar-refractivity contribution >= 4 is 17.1 Å². The molecule has 102 valence electrons. The first-order valence-electron chi connectivity index (χ1n) is 4.54. The summed E-state index contributed by atoms with van der Waals surface area (Å²) in [6, 6.07) is 1.01. The van der Waals surface area contributed by atoms with E-state index in [4.69, 9.17) is 17.2 Å². The van der Waals surface area contributed by atoms with Gasteiger partial charge in [-0.15, -0.1) is 0 Å². The summed E-state index contributed by atoms with van der Waals surface area (Å²) in [5, 5.41) is 32.2. The first-order valence-corrected chi connectivity index (χ1v) is 4.54. The number of nitro groups is 3. The molecule has 0 amide bonds. The number of benzene rings is 1. The van der Waals surface area contributed by atoms with Crippen LogP contribution in [0.1, 0.15) is 5.56 Å². The summed E-state index contributed by atoms with van der Waals surface area (Å²) < 4.78 is 0. The molecule has 0 atom stereocenters. The van der Waals surface area contributed by atoms with E-state index in [0.29, 0.717) is 12.1 Å². The average Bonchev–Trinajstić information content (AvgIpc) is 2.25. The maximum Gasteiger partial charge on any atom is 0.291 e. The van der Waals surface area contributed by atoms with Crippen molar-refractivity contribution < 1.29 is 14.8 Å². The second kappa shape index (κ2) is 4.52. The normalized spacial score (nSPS) is 11.1. The average molecular weight is 272 g/mol. The van der Waals surface area contributed by atoms with Gasteiger partial charge >= 0.3 is 0 Å². The largest absolute Gasteiger partial charge is 0.297 e. The number of hydrogen-bond donors (Lipinski definition) is 3. The van der Waals surface area contributed by atoms with E-state index in [-0.39, 0.29) is 0 Å². The Morgan fingerprint density at radius 1 is 0.842 bits per heavy atom. The summed E-state index contributed by atoms with van der Waals surface area (Å²) >= 11 is 0. The zero-order valence-corrected chi connectivity index (χ0v) is 9.18. The van der Waals surface area contributed by atoms with Gasteiger partial charge in [-0.25, -0.2) is 0 Å². The van der Waals surface area contributed by atoms with E-state index in [0.717, 1.165) is 0 Å². The Labute approximate surface area is 104 Å². The SMILES string of the molecule is NC(N)(N)c1c([N+](=O)[O-])cc([N+](=O)[O-])cc1[N+](=O)[O-]. The Morgan fingerprint density at radius 2 is 1.21 bits per heavy atom. The molecule has 6 N–H and O–H groups in total. The number of rotatable bonds is 4. The highest BCUT2D eigenvalue weighted by atomic mass is 16.6. The molecule has 1 rings (SSSR count). The minimum absolute atomic E-state index is 0.504. The van der Waals surface area contributed by atoms with Crippen molar-refractivity contribution in [2.75, 3.05) is 0 Å². The standard InChI is InChI=1S/C7H8N6O6/c8-7(9,10)6-4(12(16)17)1-3(11(14)15)2-5(6)13(18)19/h1-2H,8-10H2. The zero-order valence-electron chi connectivity index (χ0n) is 9.18. The van der Waals surface area contributed by atoms with Crippen molar-refractivity contribution in [2.45, 2.75) is 5.79 Å². The predicted molar refractivity (Wildman–Crippen MR) is 60.6 cm³/mol. The Hall–Kier alpha value is -2.70. The Kier molecular flexibility index (Phi) is 3.42. The monoisotopic (exact) mass is 272 g/mol. The molecule has 0 aliphatic rings. The van der Waals surface area contributed by atoms with Gasteiger partial charge in [-0.1, -0.05) is 0 Å². The molecule has 0 aliphatic heterocycles. The van der Waals surface area contributed by atoms with Crippen LogP contribution in [0.25, 0.3) is 0 Å². The molecule has 19 heavy (non-hydrogen) atoms. The highest BCUT2D eigenvalue weighted by molar-refractivity contribution is 5.62. The number of hydrogen-bond acceptors (Lipinski definition) is 9. The molecule has 0 saturated heterocycles. The van der Waals surface area contributed by atoms with Crippen molar-refractivity contribution in [1.82, 2.24) is 0 Å². The van der Waals surface area contributed by atoms with Crippen molar-refractivity contribution in [3.63, 3.8) is 0 Å². The van der Waals surface area contributed by atoms with Gasteiger partial charge in [-0.3, -0.25) is 47.5 Å². The number of nitro benzene ring substituents is 3. The maximum atomic E-state index is 10.8. The molecule has 12 nitrogen and oxygen atoms in total. The molecular formula is C7H8N6O6. The fraction of sp³-hybridized carbons (Fsp3) is 0.143. The lowest BCUT2D eigenvalue weighted by Gasteiger charge is -2.18. The molecule has 0 unspecified atom stereocenters. The quantitative estimate of drug-likeness (QED) is 0.362. The fourth-order valence-corrected chi connectivity index (χ4v) is 1.43. The Balaban J connectivity index is 3.81. The molecule has 0 heterocycles. The first kappa shape index (κ1) is 14.4. The van der Waals surface area contributed by atoms with E-state index < -0.39 is 43.2 Å². The van der Waals surface area contributed by atoms with Crippen molar-refractivity contribution in [1.29, 1.82) is 0 Å². The fourth-order valence-electron chi connectivity index (χ4n) is 1.43. The second-order valence-electron chi connectivity index (χ2n) is 3.56. The molecule has 1 aromatic carbocycles. The van der Waals surface area contributed by atoms with Crippen molar-refractivity contribution in [2.24, 2.45) is 17.2 Å². The lowest BCUT2D eigenvalue weighted by molar-refractivity contribution is -0.404. The van der Waals surface area contributed by atoms with Crippen LogP contribution >= 0.6 is 0 Å². The summed E-state index contributed by atoms with van der Waals surface area (Å²) in [5.74, 6) is -2.39. The van der Waals surface area contributed by atoms with E-state index in [9.17, 15) is 30.3 Å². The molecule has 1 aromatic rings. The predicted octanol–water partition coefficient (Wildman–Crippen LogP) is -0.602.